The van der Waals surface area contributed by atoms with Gasteiger partial charge in [0.05, 0.1) is 29.4 Å². The number of rotatable bonds is 17. The number of methoxy groups -OCH3 is 1. The van der Waals surface area contributed by atoms with Gasteiger partial charge in [-0.05, 0) is 69.2 Å². The lowest BCUT2D eigenvalue weighted by molar-refractivity contribution is -0.126. The van der Waals surface area contributed by atoms with E-state index < -0.39 is 17.6 Å². The first-order valence-corrected chi connectivity index (χ1v) is 13.7. The van der Waals surface area contributed by atoms with Gasteiger partial charge in [-0.25, -0.2) is 0 Å². The van der Waals surface area contributed by atoms with Crippen LogP contribution in [0, 0.1) is 11.8 Å². The molecule has 0 spiro atoms. The summed E-state index contributed by atoms with van der Waals surface area (Å²) in [5, 5.41) is 16.5. The van der Waals surface area contributed by atoms with E-state index in [2.05, 4.69) is 29.5 Å². The number of unbranched alkanes of at least 4 members (excludes halogenated alkanes) is 1. The maximum Gasteiger partial charge on any atom is 0.255 e. The van der Waals surface area contributed by atoms with Gasteiger partial charge in [-0.1, -0.05) is 32.0 Å². The molecule has 0 aliphatic carbocycles. The van der Waals surface area contributed by atoms with Gasteiger partial charge >= 0.3 is 0 Å². The van der Waals surface area contributed by atoms with Gasteiger partial charge < -0.3 is 30.9 Å². The van der Waals surface area contributed by atoms with Crippen LogP contribution in [0.25, 0.3) is 0 Å². The fourth-order valence-electron chi connectivity index (χ4n) is 4.15. The third-order valence-electron chi connectivity index (χ3n) is 7.01. The molecule has 2 aromatic rings. The lowest BCUT2D eigenvalue weighted by Gasteiger charge is -2.28. The van der Waals surface area contributed by atoms with Crippen LogP contribution in [0.4, 0.5) is 0 Å². The van der Waals surface area contributed by atoms with Crippen LogP contribution in [0.3, 0.4) is 0 Å². The molecule has 216 valence electrons. The van der Waals surface area contributed by atoms with Crippen molar-refractivity contribution in [3.63, 3.8) is 0 Å². The second-order valence-electron chi connectivity index (χ2n) is 10.8. The number of nitrogens with one attached hydrogen (secondary N) is 2. The van der Waals surface area contributed by atoms with Crippen LogP contribution in [-0.2, 0) is 14.9 Å². The third kappa shape index (κ3) is 10.2. The molecule has 39 heavy (non-hydrogen) atoms. The Hall–Kier alpha value is -3.01. The Morgan fingerprint density at radius 1 is 1.03 bits per heavy atom. The number of hydrogen-bond donors (Lipinski definition) is 4. The standard InChI is InChI=1S/C30H46N4O5/c1-21(2)22(19-33-28(36)23-12-6-7-13-26(23)39-17-11-10-16-38-5)18-24(31)25(35)20-34-29(37)30(3,4)27-14-8-9-15-32-27/h6-9,12-15,21-22,24-25,35H,10-11,16-20,31H2,1-5H3,(H,33,36)(H,34,37)/t22-,24+,25+/m1/s1. The molecule has 2 amide bonds. The van der Waals surface area contributed by atoms with Gasteiger partial charge in [0, 0.05) is 39.0 Å². The fourth-order valence-corrected chi connectivity index (χ4v) is 4.15. The molecule has 0 fully saturated rings. The zero-order valence-corrected chi connectivity index (χ0v) is 24.0. The van der Waals surface area contributed by atoms with Crippen LogP contribution in [0.5, 0.6) is 5.75 Å². The van der Waals surface area contributed by atoms with E-state index in [1.807, 2.05) is 18.2 Å². The summed E-state index contributed by atoms with van der Waals surface area (Å²) in [6.45, 7) is 9.31. The Bertz CT molecular complexity index is 1020. The second kappa shape index (κ2) is 16.2. The number of carbonyl (C=O) groups excluding carboxylic acids is 2. The molecule has 9 nitrogen and oxygen atoms in total. The first-order valence-electron chi connectivity index (χ1n) is 13.7. The number of nitrogens with zero attached hydrogens (tertiary/aromatic N) is 1. The molecule has 0 radical (unpaired) electrons. The van der Waals surface area contributed by atoms with Crippen molar-refractivity contribution in [2.24, 2.45) is 17.6 Å². The first kappa shape index (κ1) is 32.2. The van der Waals surface area contributed by atoms with Crippen molar-refractivity contribution in [1.29, 1.82) is 0 Å². The number of amides is 2. The van der Waals surface area contributed by atoms with Crippen molar-refractivity contribution in [2.75, 3.05) is 33.4 Å². The van der Waals surface area contributed by atoms with Gasteiger partial charge in [0.15, 0.2) is 0 Å². The van der Waals surface area contributed by atoms with E-state index >= 15 is 0 Å². The molecule has 0 aliphatic rings. The highest BCUT2D eigenvalue weighted by Gasteiger charge is 2.32. The van der Waals surface area contributed by atoms with E-state index in [9.17, 15) is 14.7 Å². The van der Waals surface area contributed by atoms with E-state index in [1.54, 1.807) is 51.4 Å². The molecule has 3 atom stereocenters. The minimum atomic E-state index is -0.933. The first-order chi connectivity index (χ1) is 18.6. The number of para-hydroxylation sites is 1. The SMILES string of the molecule is COCCCCOc1ccccc1C(=O)NC[C@@H](C[C@H](N)[C@@H](O)CNC(=O)C(C)(C)c1ccccn1)C(C)C. The number of ether oxygens (including phenoxy) is 2. The molecule has 1 aromatic carbocycles. The molecule has 2 rings (SSSR count). The van der Waals surface area contributed by atoms with Gasteiger partial charge in [-0.2, -0.15) is 0 Å². The average molecular weight is 543 g/mol. The average Bonchev–Trinajstić information content (AvgIpc) is 2.93. The van der Waals surface area contributed by atoms with Crippen molar-refractivity contribution in [3.05, 3.63) is 59.9 Å². The number of aliphatic hydroxyl groups excluding tert-OH is 1. The Kier molecular flexibility index (Phi) is 13.4. The van der Waals surface area contributed by atoms with Crippen LogP contribution in [-0.4, -0.2) is 67.5 Å². The molecule has 0 aliphatic heterocycles. The van der Waals surface area contributed by atoms with Crippen molar-refractivity contribution in [2.45, 2.75) is 64.5 Å². The summed E-state index contributed by atoms with van der Waals surface area (Å²) in [5.74, 6) is 0.339. The Balaban J connectivity index is 1.88. The molecule has 5 N–H and O–H groups in total. The van der Waals surface area contributed by atoms with E-state index in [0.717, 1.165) is 12.8 Å². The highest BCUT2D eigenvalue weighted by molar-refractivity contribution is 5.96. The number of benzene rings is 1. The maximum absolute atomic E-state index is 13.0. The van der Waals surface area contributed by atoms with Crippen LogP contribution in [0.1, 0.15) is 63.0 Å². The molecule has 9 heteroatoms. The molecule has 1 aromatic heterocycles. The van der Waals surface area contributed by atoms with E-state index in [4.69, 9.17) is 15.2 Å². The maximum atomic E-state index is 13.0. The number of hydrogen-bond acceptors (Lipinski definition) is 7. The second-order valence-corrected chi connectivity index (χ2v) is 10.8. The monoisotopic (exact) mass is 542 g/mol. The van der Waals surface area contributed by atoms with Crippen molar-refractivity contribution in [1.82, 2.24) is 15.6 Å². The Morgan fingerprint density at radius 3 is 2.38 bits per heavy atom. The number of nitrogens with two attached hydrogens (primary N) is 1. The summed E-state index contributed by atoms with van der Waals surface area (Å²) < 4.78 is 10.9. The van der Waals surface area contributed by atoms with Gasteiger partial charge in [0.2, 0.25) is 5.91 Å². The molecular formula is C30H46N4O5. The summed E-state index contributed by atoms with van der Waals surface area (Å²) >= 11 is 0. The smallest absolute Gasteiger partial charge is 0.255 e. The molecule has 1 heterocycles. The van der Waals surface area contributed by atoms with Crippen molar-refractivity contribution < 1.29 is 24.2 Å². The van der Waals surface area contributed by atoms with E-state index in [-0.39, 0.29) is 30.2 Å². The zero-order chi connectivity index (χ0) is 28.8. The Morgan fingerprint density at radius 2 is 1.72 bits per heavy atom. The lowest BCUT2D eigenvalue weighted by Crippen LogP contribution is -2.49. The largest absolute Gasteiger partial charge is 0.493 e. The molecule has 0 saturated carbocycles. The van der Waals surface area contributed by atoms with Crippen LogP contribution in [0.15, 0.2) is 48.7 Å². The van der Waals surface area contributed by atoms with Crippen LogP contribution in [0.2, 0.25) is 0 Å². The molecular weight excluding hydrogens is 496 g/mol. The summed E-state index contributed by atoms with van der Waals surface area (Å²) in [5.41, 5.74) is 6.62. The normalized spacial score (nSPS) is 13.9. The van der Waals surface area contributed by atoms with Crippen molar-refractivity contribution in [3.8, 4) is 5.75 Å². The van der Waals surface area contributed by atoms with Crippen LogP contribution >= 0.6 is 0 Å². The number of aromatic nitrogens is 1. The predicted molar refractivity (Wildman–Crippen MR) is 153 cm³/mol. The molecule has 0 saturated heterocycles. The van der Waals surface area contributed by atoms with Crippen LogP contribution < -0.4 is 21.1 Å². The highest BCUT2D eigenvalue weighted by Crippen LogP contribution is 2.22. The summed E-state index contributed by atoms with van der Waals surface area (Å²) in [6.07, 6.45) is 2.92. The van der Waals surface area contributed by atoms with Gasteiger partial charge in [0.1, 0.15) is 5.75 Å². The Labute approximate surface area is 232 Å². The lowest BCUT2D eigenvalue weighted by atomic mass is 9.86. The topological polar surface area (TPSA) is 136 Å². The minimum Gasteiger partial charge on any atom is -0.493 e. The van der Waals surface area contributed by atoms with E-state index in [1.165, 1.54) is 0 Å². The quantitative estimate of drug-likeness (QED) is 0.226. The highest BCUT2D eigenvalue weighted by atomic mass is 16.5. The fraction of sp³-hybridized carbons (Fsp3) is 0.567. The number of aliphatic hydroxyl groups is 1. The summed E-state index contributed by atoms with van der Waals surface area (Å²) in [7, 11) is 1.67. The summed E-state index contributed by atoms with van der Waals surface area (Å²) in [4.78, 5) is 30.1. The third-order valence-corrected chi connectivity index (χ3v) is 7.01. The molecule has 0 bridgehead atoms. The van der Waals surface area contributed by atoms with Gasteiger partial charge in [0.25, 0.3) is 5.91 Å². The predicted octanol–water partition coefficient (Wildman–Crippen LogP) is 3.06. The number of pyridine rings is 1. The van der Waals surface area contributed by atoms with Gasteiger partial charge in [-0.15, -0.1) is 0 Å². The zero-order valence-electron chi connectivity index (χ0n) is 24.0. The minimum absolute atomic E-state index is 0.0291. The summed E-state index contributed by atoms with van der Waals surface area (Å²) in [6, 6.07) is 12.1. The van der Waals surface area contributed by atoms with Gasteiger partial charge in [-0.3, -0.25) is 14.6 Å². The number of carbonyl (C=O) groups is 2. The van der Waals surface area contributed by atoms with Crippen molar-refractivity contribution >= 4 is 11.8 Å². The van der Waals surface area contributed by atoms with E-state index in [0.29, 0.717) is 43.2 Å². The molecule has 0 unspecified atom stereocenters.